The summed E-state index contributed by atoms with van der Waals surface area (Å²) in [6, 6.07) is 5.12. The first-order valence-electron chi connectivity index (χ1n) is 12.5. The van der Waals surface area contributed by atoms with Gasteiger partial charge in [-0.05, 0) is 63.3 Å². The second kappa shape index (κ2) is 16.5. The van der Waals surface area contributed by atoms with E-state index in [2.05, 4.69) is 23.8 Å². The van der Waals surface area contributed by atoms with Crippen molar-refractivity contribution in [2.45, 2.75) is 58.2 Å². The fourth-order valence-electron chi connectivity index (χ4n) is 3.55. The molecule has 9 nitrogen and oxygen atoms in total. The molecule has 2 atom stereocenters. The molecule has 0 radical (unpaired) electrons. The lowest BCUT2D eigenvalue weighted by Gasteiger charge is -2.34. The van der Waals surface area contributed by atoms with Crippen molar-refractivity contribution in [2.75, 3.05) is 31.7 Å². The molecule has 0 aliphatic carbocycles. The molecule has 0 aliphatic heterocycles. The van der Waals surface area contributed by atoms with Crippen molar-refractivity contribution in [3.8, 4) is 0 Å². The molecule has 0 fully saturated rings. The van der Waals surface area contributed by atoms with Crippen molar-refractivity contribution >= 4 is 41.7 Å². The Kier molecular flexibility index (Phi) is 14.3. The van der Waals surface area contributed by atoms with Crippen LogP contribution in [0.1, 0.15) is 57.7 Å². The molecule has 3 amide bonds. The van der Waals surface area contributed by atoms with Crippen molar-refractivity contribution in [1.82, 2.24) is 15.5 Å². The zero-order valence-corrected chi connectivity index (χ0v) is 23.9. The Morgan fingerprint density at radius 2 is 1.89 bits per heavy atom. The van der Waals surface area contributed by atoms with E-state index in [-0.39, 0.29) is 26.1 Å². The fourth-order valence-corrected chi connectivity index (χ4v) is 4.02. The first-order valence-corrected chi connectivity index (χ1v) is 13.9. The molecule has 0 aliphatic rings. The van der Waals surface area contributed by atoms with E-state index in [0.717, 1.165) is 5.56 Å². The van der Waals surface area contributed by atoms with Crippen LogP contribution in [-0.2, 0) is 23.9 Å². The first-order chi connectivity index (χ1) is 18.0. The summed E-state index contributed by atoms with van der Waals surface area (Å²) < 4.78 is 10.3. The van der Waals surface area contributed by atoms with Crippen LogP contribution in [-0.4, -0.2) is 72.1 Å². The number of hydrogen-bond donors (Lipinski definition) is 2. The van der Waals surface area contributed by atoms with Crippen LogP contribution in [0.2, 0.25) is 0 Å². The van der Waals surface area contributed by atoms with Gasteiger partial charge in [-0.2, -0.15) is 11.8 Å². The maximum atomic E-state index is 13.9. The summed E-state index contributed by atoms with van der Waals surface area (Å²) in [4.78, 5) is 53.1. The standard InChI is InChI=1S/C28H41N3O6S/c1-8-17-31(26(34)22(15-18-38-7)30-27(35)37-28(4,5)6)24(21-13-11-12-20(9-2)19-21)25(33)29-16-14-23(32)36-10-3/h8-9,11-13,19,22,24H,1-2,10,14-18H2,3-7H3,(H,29,33)(H,30,35). The van der Waals surface area contributed by atoms with Crippen LogP contribution in [0.5, 0.6) is 0 Å². The lowest BCUT2D eigenvalue weighted by Crippen LogP contribution is -2.53. The summed E-state index contributed by atoms with van der Waals surface area (Å²) in [6.45, 7) is 14.8. The number of rotatable bonds is 15. The van der Waals surface area contributed by atoms with Gasteiger partial charge in [0.15, 0.2) is 0 Å². The molecular formula is C28H41N3O6S. The zero-order valence-electron chi connectivity index (χ0n) is 23.1. The summed E-state index contributed by atoms with van der Waals surface area (Å²) in [5.74, 6) is -0.780. The molecule has 0 saturated heterocycles. The molecule has 2 unspecified atom stereocenters. The van der Waals surface area contributed by atoms with Crippen molar-refractivity contribution in [3.05, 3.63) is 54.6 Å². The highest BCUT2D eigenvalue weighted by Gasteiger charge is 2.35. The minimum Gasteiger partial charge on any atom is -0.466 e. The molecule has 10 heteroatoms. The Bertz CT molecular complexity index is 976. The van der Waals surface area contributed by atoms with E-state index in [4.69, 9.17) is 9.47 Å². The topological polar surface area (TPSA) is 114 Å². The number of carbonyl (C=O) groups is 4. The zero-order chi connectivity index (χ0) is 28.7. The minimum absolute atomic E-state index is 0.00898. The summed E-state index contributed by atoms with van der Waals surface area (Å²) in [7, 11) is 0. The fraction of sp³-hybridized carbons (Fsp3) is 0.500. The van der Waals surface area contributed by atoms with Crippen molar-refractivity contribution in [3.63, 3.8) is 0 Å². The van der Waals surface area contributed by atoms with E-state index in [1.54, 1.807) is 52.0 Å². The van der Waals surface area contributed by atoms with Crippen LogP contribution in [0.4, 0.5) is 4.79 Å². The second-order valence-electron chi connectivity index (χ2n) is 9.38. The van der Waals surface area contributed by atoms with E-state index in [0.29, 0.717) is 17.7 Å². The quantitative estimate of drug-likeness (QED) is 0.251. The predicted molar refractivity (Wildman–Crippen MR) is 152 cm³/mol. The van der Waals surface area contributed by atoms with Gasteiger partial charge in [0.2, 0.25) is 11.8 Å². The Hall–Kier alpha value is -3.27. The molecular weight excluding hydrogens is 506 g/mol. The number of nitrogens with zero attached hydrogens (tertiary/aromatic N) is 1. The van der Waals surface area contributed by atoms with Crippen LogP contribution in [0.3, 0.4) is 0 Å². The summed E-state index contributed by atoms with van der Waals surface area (Å²) in [6.07, 6.45) is 4.66. The van der Waals surface area contributed by atoms with Crippen LogP contribution in [0.15, 0.2) is 43.5 Å². The van der Waals surface area contributed by atoms with E-state index < -0.39 is 41.6 Å². The van der Waals surface area contributed by atoms with Gasteiger partial charge in [0.25, 0.3) is 0 Å². The van der Waals surface area contributed by atoms with E-state index in [1.165, 1.54) is 22.7 Å². The van der Waals surface area contributed by atoms with Crippen LogP contribution >= 0.6 is 11.8 Å². The van der Waals surface area contributed by atoms with E-state index in [1.807, 2.05) is 12.3 Å². The Balaban J connectivity index is 3.38. The maximum Gasteiger partial charge on any atom is 0.408 e. The number of ether oxygens (including phenoxy) is 2. The third-order valence-corrected chi connectivity index (χ3v) is 5.81. The van der Waals surface area contributed by atoms with Gasteiger partial charge >= 0.3 is 12.1 Å². The smallest absolute Gasteiger partial charge is 0.408 e. The third kappa shape index (κ3) is 11.4. The molecule has 1 aromatic rings. The van der Waals surface area contributed by atoms with Gasteiger partial charge in [-0.1, -0.05) is 36.9 Å². The molecule has 38 heavy (non-hydrogen) atoms. The molecule has 210 valence electrons. The minimum atomic E-state index is -1.06. The second-order valence-corrected chi connectivity index (χ2v) is 10.4. The number of hydrogen-bond acceptors (Lipinski definition) is 7. The molecule has 0 spiro atoms. The molecule has 0 heterocycles. The van der Waals surface area contributed by atoms with Gasteiger partial charge in [-0.15, -0.1) is 6.58 Å². The largest absolute Gasteiger partial charge is 0.466 e. The van der Waals surface area contributed by atoms with E-state index in [9.17, 15) is 19.2 Å². The lowest BCUT2D eigenvalue weighted by molar-refractivity contribution is -0.144. The van der Waals surface area contributed by atoms with Gasteiger partial charge in [0.1, 0.15) is 17.7 Å². The van der Waals surface area contributed by atoms with E-state index >= 15 is 0 Å². The van der Waals surface area contributed by atoms with Crippen molar-refractivity contribution in [2.24, 2.45) is 0 Å². The molecule has 1 rings (SSSR count). The molecule has 0 aromatic heterocycles. The Labute approximate surface area is 230 Å². The molecule has 0 bridgehead atoms. The van der Waals surface area contributed by atoms with Gasteiger partial charge in [-0.3, -0.25) is 14.4 Å². The summed E-state index contributed by atoms with van der Waals surface area (Å²) >= 11 is 1.53. The summed E-state index contributed by atoms with van der Waals surface area (Å²) in [5.41, 5.74) is 0.570. The monoisotopic (exact) mass is 547 g/mol. The van der Waals surface area contributed by atoms with Crippen LogP contribution < -0.4 is 10.6 Å². The van der Waals surface area contributed by atoms with Gasteiger partial charge < -0.3 is 25.0 Å². The van der Waals surface area contributed by atoms with Crippen LogP contribution in [0, 0.1) is 0 Å². The highest BCUT2D eigenvalue weighted by molar-refractivity contribution is 7.98. The number of benzene rings is 1. The Morgan fingerprint density at radius 3 is 2.47 bits per heavy atom. The number of amides is 3. The van der Waals surface area contributed by atoms with Gasteiger partial charge in [0.05, 0.1) is 13.0 Å². The molecule has 2 N–H and O–H groups in total. The number of alkyl carbamates (subject to hydrolysis) is 1. The number of esters is 1. The van der Waals surface area contributed by atoms with Crippen molar-refractivity contribution < 1.29 is 28.7 Å². The predicted octanol–water partition coefficient (Wildman–Crippen LogP) is 4.10. The lowest BCUT2D eigenvalue weighted by atomic mass is 10.00. The maximum absolute atomic E-state index is 13.9. The highest BCUT2D eigenvalue weighted by Crippen LogP contribution is 2.25. The highest BCUT2D eigenvalue weighted by atomic mass is 32.2. The third-order valence-electron chi connectivity index (χ3n) is 5.16. The van der Waals surface area contributed by atoms with Crippen molar-refractivity contribution in [1.29, 1.82) is 0 Å². The SMILES string of the molecule is C=CCN(C(=O)C(CCSC)NC(=O)OC(C)(C)C)C(C(=O)NCCC(=O)OCC)c1cccc(C=C)c1. The average molecular weight is 548 g/mol. The molecule has 1 aromatic carbocycles. The van der Waals surface area contributed by atoms with Gasteiger partial charge in [-0.25, -0.2) is 4.79 Å². The first kappa shape index (κ1) is 32.8. The number of nitrogens with one attached hydrogen (secondary N) is 2. The Morgan fingerprint density at radius 1 is 1.18 bits per heavy atom. The average Bonchev–Trinajstić information content (AvgIpc) is 2.85. The van der Waals surface area contributed by atoms with Gasteiger partial charge in [0, 0.05) is 13.1 Å². The number of carbonyl (C=O) groups excluding carboxylic acids is 4. The normalized spacial score (nSPS) is 12.4. The summed E-state index contributed by atoms with van der Waals surface area (Å²) in [5, 5.41) is 5.42. The molecule has 0 saturated carbocycles. The van der Waals surface area contributed by atoms with Crippen LogP contribution in [0.25, 0.3) is 6.08 Å². The number of thioether (sulfide) groups is 1.